The van der Waals surface area contributed by atoms with Gasteiger partial charge in [0.2, 0.25) is 0 Å². The van der Waals surface area contributed by atoms with Crippen LogP contribution in [0.4, 0.5) is 0 Å². The second-order valence-electron chi connectivity index (χ2n) is 6.43. The number of carbonyl (C=O) groups excluding carboxylic acids is 1. The Morgan fingerprint density at radius 1 is 1.11 bits per heavy atom. The van der Waals surface area contributed by atoms with Gasteiger partial charge in [-0.15, -0.1) is 0 Å². The number of carbonyl (C=O) groups is 1. The van der Waals surface area contributed by atoms with E-state index in [4.69, 9.17) is 0 Å². The minimum absolute atomic E-state index is 0.0818. The molecule has 2 rings (SSSR count). The highest BCUT2D eigenvalue weighted by Gasteiger charge is 2.21. The number of amides is 1. The van der Waals surface area contributed by atoms with Gasteiger partial charge in [-0.1, -0.05) is 32.9 Å². The van der Waals surface area contributed by atoms with Crippen LogP contribution in [0.5, 0.6) is 0 Å². The van der Waals surface area contributed by atoms with Gasteiger partial charge in [0.15, 0.2) is 0 Å². The standard InChI is InChI=1S/C16H24N2O/c1-16(2,3)14-7-5-6-13(12-14)15(19)18-10-8-17(4)9-11-18/h5-7,12H,8-11H2,1-4H3. The first-order chi connectivity index (χ1) is 8.88. The molecule has 0 aliphatic carbocycles. The van der Waals surface area contributed by atoms with E-state index in [1.54, 1.807) is 0 Å². The van der Waals surface area contributed by atoms with Gasteiger partial charge in [-0.05, 0) is 30.2 Å². The Morgan fingerprint density at radius 3 is 2.32 bits per heavy atom. The predicted molar refractivity (Wildman–Crippen MR) is 78.5 cm³/mol. The highest BCUT2D eigenvalue weighted by atomic mass is 16.2. The fourth-order valence-electron chi connectivity index (χ4n) is 2.31. The molecule has 0 saturated carbocycles. The van der Waals surface area contributed by atoms with Crippen LogP contribution in [0.2, 0.25) is 0 Å². The molecule has 1 aliphatic rings. The first kappa shape index (κ1) is 14.1. The van der Waals surface area contributed by atoms with Gasteiger partial charge in [-0.25, -0.2) is 0 Å². The lowest BCUT2D eigenvalue weighted by Crippen LogP contribution is -2.47. The third-order valence-electron chi connectivity index (χ3n) is 3.77. The van der Waals surface area contributed by atoms with E-state index in [0.29, 0.717) is 0 Å². The van der Waals surface area contributed by atoms with E-state index in [9.17, 15) is 4.79 Å². The molecule has 0 bridgehead atoms. The summed E-state index contributed by atoms with van der Waals surface area (Å²) in [4.78, 5) is 16.7. The minimum Gasteiger partial charge on any atom is -0.336 e. The molecule has 1 heterocycles. The van der Waals surface area contributed by atoms with Crippen LogP contribution >= 0.6 is 0 Å². The first-order valence-electron chi connectivity index (χ1n) is 6.96. The molecule has 1 saturated heterocycles. The van der Waals surface area contributed by atoms with Crippen molar-refractivity contribution in [2.45, 2.75) is 26.2 Å². The van der Waals surface area contributed by atoms with Crippen LogP contribution in [-0.2, 0) is 5.41 Å². The zero-order valence-corrected chi connectivity index (χ0v) is 12.4. The SMILES string of the molecule is CN1CCN(C(=O)c2cccc(C(C)(C)C)c2)CC1. The van der Waals surface area contributed by atoms with E-state index in [0.717, 1.165) is 31.7 Å². The van der Waals surface area contributed by atoms with Crippen molar-refractivity contribution < 1.29 is 4.79 Å². The molecule has 0 unspecified atom stereocenters. The average Bonchev–Trinajstić information content (AvgIpc) is 2.38. The van der Waals surface area contributed by atoms with Crippen LogP contribution in [0.3, 0.4) is 0 Å². The number of nitrogens with zero attached hydrogens (tertiary/aromatic N) is 2. The van der Waals surface area contributed by atoms with Gasteiger partial charge in [-0.2, -0.15) is 0 Å². The zero-order valence-electron chi connectivity index (χ0n) is 12.4. The summed E-state index contributed by atoms with van der Waals surface area (Å²) in [5.41, 5.74) is 2.11. The van der Waals surface area contributed by atoms with Gasteiger partial charge in [0.25, 0.3) is 5.91 Å². The summed E-state index contributed by atoms with van der Waals surface area (Å²) >= 11 is 0. The van der Waals surface area contributed by atoms with E-state index >= 15 is 0 Å². The van der Waals surface area contributed by atoms with Gasteiger partial charge in [0.1, 0.15) is 0 Å². The number of piperazine rings is 1. The van der Waals surface area contributed by atoms with Crippen molar-refractivity contribution in [1.29, 1.82) is 0 Å². The monoisotopic (exact) mass is 260 g/mol. The summed E-state index contributed by atoms with van der Waals surface area (Å²) in [6.45, 7) is 10.1. The maximum absolute atomic E-state index is 12.5. The van der Waals surface area contributed by atoms with E-state index < -0.39 is 0 Å². The molecule has 1 aromatic rings. The molecule has 0 N–H and O–H groups in total. The molecule has 1 fully saturated rings. The summed E-state index contributed by atoms with van der Waals surface area (Å²) in [5.74, 6) is 0.166. The normalized spacial score (nSPS) is 17.6. The van der Waals surface area contributed by atoms with E-state index in [1.165, 1.54) is 5.56 Å². The smallest absolute Gasteiger partial charge is 0.253 e. The summed E-state index contributed by atoms with van der Waals surface area (Å²) < 4.78 is 0. The molecule has 1 amide bonds. The van der Waals surface area contributed by atoms with Crippen molar-refractivity contribution in [3.05, 3.63) is 35.4 Å². The summed E-state index contributed by atoms with van der Waals surface area (Å²) in [7, 11) is 2.10. The number of hydrogen-bond acceptors (Lipinski definition) is 2. The molecule has 1 aliphatic heterocycles. The molecule has 1 aromatic carbocycles. The Morgan fingerprint density at radius 2 is 1.74 bits per heavy atom. The van der Waals surface area contributed by atoms with Crippen LogP contribution in [0.15, 0.2) is 24.3 Å². The minimum atomic E-state index is 0.0818. The first-order valence-corrected chi connectivity index (χ1v) is 6.96. The van der Waals surface area contributed by atoms with Crippen LogP contribution in [-0.4, -0.2) is 48.9 Å². The Labute approximate surface area is 116 Å². The Kier molecular flexibility index (Phi) is 3.95. The number of rotatable bonds is 1. The third-order valence-corrected chi connectivity index (χ3v) is 3.77. The van der Waals surface area contributed by atoms with Crippen LogP contribution < -0.4 is 0 Å². The quantitative estimate of drug-likeness (QED) is 0.774. The topological polar surface area (TPSA) is 23.6 Å². The number of hydrogen-bond donors (Lipinski definition) is 0. The Hall–Kier alpha value is -1.35. The molecular formula is C16H24N2O. The third kappa shape index (κ3) is 3.35. The van der Waals surface area contributed by atoms with E-state index in [1.807, 2.05) is 23.1 Å². The van der Waals surface area contributed by atoms with Crippen molar-refractivity contribution in [1.82, 2.24) is 9.80 Å². The van der Waals surface area contributed by atoms with Crippen molar-refractivity contribution in [2.75, 3.05) is 33.2 Å². The fraction of sp³-hybridized carbons (Fsp3) is 0.562. The molecule has 0 atom stereocenters. The molecule has 19 heavy (non-hydrogen) atoms. The maximum Gasteiger partial charge on any atom is 0.253 e. The van der Waals surface area contributed by atoms with Gasteiger partial charge >= 0.3 is 0 Å². The molecule has 3 nitrogen and oxygen atoms in total. The lowest BCUT2D eigenvalue weighted by molar-refractivity contribution is 0.0664. The van der Waals surface area contributed by atoms with E-state index in [2.05, 4.69) is 38.8 Å². The zero-order chi connectivity index (χ0) is 14.0. The number of likely N-dealkylation sites (N-methyl/N-ethyl adjacent to an activating group) is 1. The van der Waals surface area contributed by atoms with Crippen LogP contribution in [0.25, 0.3) is 0 Å². The Bertz CT molecular complexity index is 454. The number of benzene rings is 1. The second kappa shape index (κ2) is 5.33. The van der Waals surface area contributed by atoms with Gasteiger partial charge in [-0.3, -0.25) is 4.79 Å². The summed E-state index contributed by atoms with van der Waals surface area (Å²) in [6, 6.07) is 8.06. The van der Waals surface area contributed by atoms with Crippen molar-refractivity contribution in [2.24, 2.45) is 0 Å². The lowest BCUT2D eigenvalue weighted by Gasteiger charge is -2.32. The average molecular weight is 260 g/mol. The fourth-order valence-corrected chi connectivity index (χ4v) is 2.31. The van der Waals surface area contributed by atoms with Crippen molar-refractivity contribution in [3.63, 3.8) is 0 Å². The van der Waals surface area contributed by atoms with Crippen LogP contribution in [0, 0.1) is 0 Å². The van der Waals surface area contributed by atoms with Crippen molar-refractivity contribution >= 4 is 5.91 Å². The Balaban J connectivity index is 2.15. The maximum atomic E-state index is 12.5. The molecule has 0 spiro atoms. The highest BCUT2D eigenvalue weighted by Crippen LogP contribution is 2.23. The molecular weight excluding hydrogens is 236 g/mol. The van der Waals surface area contributed by atoms with Gasteiger partial charge in [0.05, 0.1) is 0 Å². The summed E-state index contributed by atoms with van der Waals surface area (Å²) in [5, 5.41) is 0. The molecule has 104 valence electrons. The molecule has 0 radical (unpaired) electrons. The second-order valence-corrected chi connectivity index (χ2v) is 6.43. The highest BCUT2D eigenvalue weighted by molar-refractivity contribution is 5.94. The molecule has 3 heteroatoms. The van der Waals surface area contributed by atoms with Gasteiger partial charge in [0, 0.05) is 31.7 Å². The molecule has 0 aromatic heterocycles. The summed E-state index contributed by atoms with van der Waals surface area (Å²) in [6.07, 6.45) is 0. The predicted octanol–water partition coefficient (Wildman–Crippen LogP) is 2.37. The van der Waals surface area contributed by atoms with Crippen LogP contribution in [0.1, 0.15) is 36.7 Å². The van der Waals surface area contributed by atoms with E-state index in [-0.39, 0.29) is 11.3 Å². The lowest BCUT2D eigenvalue weighted by atomic mass is 9.86. The van der Waals surface area contributed by atoms with Gasteiger partial charge < -0.3 is 9.80 Å². The van der Waals surface area contributed by atoms with Crippen molar-refractivity contribution in [3.8, 4) is 0 Å². The largest absolute Gasteiger partial charge is 0.336 e.